The van der Waals surface area contributed by atoms with Crippen LogP contribution in [0.5, 0.6) is 0 Å². The molecule has 1 aliphatic heterocycles. The average molecular weight is 249 g/mol. The molecule has 1 aromatic rings. The van der Waals surface area contributed by atoms with E-state index in [0.717, 1.165) is 31.7 Å². The highest BCUT2D eigenvalue weighted by Gasteiger charge is 2.21. The Bertz CT molecular complexity index is 347. The van der Waals surface area contributed by atoms with Crippen molar-refractivity contribution in [3.8, 4) is 0 Å². The molecule has 0 aromatic carbocycles. The molecule has 100 valence electrons. The van der Waals surface area contributed by atoms with Crippen LogP contribution in [0.4, 0.5) is 0 Å². The predicted octanol–water partition coefficient (Wildman–Crippen LogP) is 1.14. The normalized spacial score (nSPS) is 20.2. The van der Waals surface area contributed by atoms with E-state index in [-0.39, 0.29) is 0 Å². The zero-order chi connectivity index (χ0) is 13.0. The molecule has 1 aliphatic rings. The third kappa shape index (κ3) is 3.51. The van der Waals surface area contributed by atoms with Crippen LogP contribution in [0.25, 0.3) is 0 Å². The molecule has 1 saturated heterocycles. The molecule has 1 atom stereocenters. The van der Waals surface area contributed by atoms with Crippen molar-refractivity contribution in [1.29, 1.82) is 0 Å². The first kappa shape index (κ1) is 13.5. The van der Waals surface area contributed by atoms with Gasteiger partial charge in [0.05, 0.1) is 6.10 Å². The average Bonchev–Trinajstić information content (AvgIpc) is 2.40. The van der Waals surface area contributed by atoms with Crippen molar-refractivity contribution in [3.63, 3.8) is 0 Å². The minimum absolute atomic E-state index is 0.427. The smallest absolute Gasteiger partial charge is 0.0931 e. The van der Waals surface area contributed by atoms with E-state index in [1.807, 2.05) is 12.1 Å². The van der Waals surface area contributed by atoms with E-state index in [0.29, 0.717) is 12.6 Å². The Morgan fingerprint density at radius 2 is 2.00 bits per heavy atom. The second-order valence-corrected chi connectivity index (χ2v) is 5.23. The van der Waals surface area contributed by atoms with Gasteiger partial charge in [0.15, 0.2) is 0 Å². The summed E-state index contributed by atoms with van der Waals surface area (Å²) >= 11 is 0. The fourth-order valence-electron chi connectivity index (χ4n) is 2.39. The van der Waals surface area contributed by atoms with Crippen LogP contribution >= 0.6 is 0 Å². The number of aromatic nitrogens is 1. The van der Waals surface area contributed by atoms with Crippen LogP contribution in [0.3, 0.4) is 0 Å². The number of β-amino-alcohol motifs (C(OH)–C–C–N with tert-alkyl or cyclic N) is 1. The van der Waals surface area contributed by atoms with Crippen LogP contribution < -0.4 is 0 Å². The lowest BCUT2D eigenvalue weighted by Gasteiger charge is -2.37. The van der Waals surface area contributed by atoms with Gasteiger partial charge in [-0.1, -0.05) is 6.07 Å². The fourth-order valence-corrected chi connectivity index (χ4v) is 2.39. The maximum absolute atomic E-state index is 10.2. The molecule has 2 rings (SSSR count). The number of nitrogens with zero attached hydrogens (tertiary/aromatic N) is 3. The molecule has 0 bridgehead atoms. The molecule has 2 heterocycles. The van der Waals surface area contributed by atoms with Crippen LogP contribution in [-0.4, -0.2) is 58.7 Å². The van der Waals surface area contributed by atoms with Crippen LogP contribution in [-0.2, 0) is 0 Å². The molecule has 0 radical (unpaired) electrons. The van der Waals surface area contributed by atoms with E-state index in [9.17, 15) is 5.11 Å². The van der Waals surface area contributed by atoms with Crippen molar-refractivity contribution in [2.75, 3.05) is 32.7 Å². The first-order chi connectivity index (χ1) is 8.66. The standard InChI is InChI=1S/C14H23N3O/c1-12(2)17-8-6-16(7-9-17)11-14(18)13-4-3-5-15-10-13/h3-5,10,12,14,18H,6-9,11H2,1-2H3. The Hall–Kier alpha value is -0.970. The third-order valence-corrected chi connectivity index (χ3v) is 3.64. The number of aliphatic hydroxyl groups is 1. The number of aliphatic hydroxyl groups excluding tert-OH is 1. The number of rotatable bonds is 4. The molecule has 1 aromatic heterocycles. The topological polar surface area (TPSA) is 39.6 Å². The van der Waals surface area contributed by atoms with Gasteiger partial charge in [0, 0.05) is 56.7 Å². The summed E-state index contributed by atoms with van der Waals surface area (Å²) in [6.07, 6.45) is 3.05. The summed E-state index contributed by atoms with van der Waals surface area (Å²) in [4.78, 5) is 8.86. The molecule has 0 aliphatic carbocycles. The highest BCUT2D eigenvalue weighted by atomic mass is 16.3. The minimum Gasteiger partial charge on any atom is -0.387 e. The van der Waals surface area contributed by atoms with Gasteiger partial charge >= 0.3 is 0 Å². The van der Waals surface area contributed by atoms with Crippen molar-refractivity contribution >= 4 is 0 Å². The van der Waals surface area contributed by atoms with Crippen molar-refractivity contribution in [2.24, 2.45) is 0 Å². The SMILES string of the molecule is CC(C)N1CCN(CC(O)c2cccnc2)CC1. The Labute approximate surface area is 109 Å². The van der Waals surface area contributed by atoms with Crippen molar-refractivity contribution in [2.45, 2.75) is 26.0 Å². The zero-order valence-electron chi connectivity index (χ0n) is 11.3. The second kappa shape index (κ2) is 6.27. The zero-order valence-corrected chi connectivity index (χ0v) is 11.3. The van der Waals surface area contributed by atoms with Crippen LogP contribution in [0.15, 0.2) is 24.5 Å². The molecule has 1 N–H and O–H groups in total. The molecule has 0 saturated carbocycles. The van der Waals surface area contributed by atoms with Gasteiger partial charge in [-0.05, 0) is 19.9 Å². The van der Waals surface area contributed by atoms with E-state index in [4.69, 9.17) is 0 Å². The number of piperazine rings is 1. The molecule has 0 amide bonds. The molecule has 4 heteroatoms. The monoisotopic (exact) mass is 249 g/mol. The van der Waals surface area contributed by atoms with E-state index in [1.165, 1.54) is 0 Å². The van der Waals surface area contributed by atoms with Gasteiger partial charge in [-0.2, -0.15) is 0 Å². The Kier molecular flexibility index (Phi) is 4.69. The first-order valence-electron chi connectivity index (χ1n) is 6.71. The Morgan fingerprint density at radius 1 is 1.28 bits per heavy atom. The van der Waals surface area contributed by atoms with Crippen LogP contribution in [0, 0.1) is 0 Å². The van der Waals surface area contributed by atoms with Gasteiger partial charge in [0.2, 0.25) is 0 Å². The van der Waals surface area contributed by atoms with Crippen LogP contribution in [0.1, 0.15) is 25.5 Å². The maximum atomic E-state index is 10.2. The van der Waals surface area contributed by atoms with Crippen molar-refractivity contribution in [3.05, 3.63) is 30.1 Å². The van der Waals surface area contributed by atoms with Crippen molar-refractivity contribution < 1.29 is 5.11 Å². The predicted molar refractivity (Wildman–Crippen MR) is 72.3 cm³/mol. The maximum Gasteiger partial charge on any atom is 0.0931 e. The van der Waals surface area contributed by atoms with Gasteiger partial charge in [0.1, 0.15) is 0 Å². The van der Waals surface area contributed by atoms with Gasteiger partial charge in [0.25, 0.3) is 0 Å². The lowest BCUT2D eigenvalue weighted by atomic mass is 10.1. The molecule has 1 unspecified atom stereocenters. The number of hydrogen-bond donors (Lipinski definition) is 1. The Balaban J connectivity index is 1.81. The summed E-state index contributed by atoms with van der Waals surface area (Å²) < 4.78 is 0. The molecule has 0 spiro atoms. The Morgan fingerprint density at radius 3 is 2.56 bits per heavy atom. The van der Waals surface area contributed by atoms with Gasteiger partial charge < -0.3 is 5.11 Å². The number of pyridine rings is 1. The van der Waals surface area contributed by atoms with E-state index in [2.05, 4.69) is 28.6 Å². The molecular formula is C14H23N3O. The lowest BCUT2D eigenvalue weighted by Crippen LogP contribution is -2.49. The summed E-state index contributed by atoms with van der Waals surface area (Å²) in [7, 11) is 0. The minimum atomic E-state index is -0.427. The second-order valence-electron chi connectivity index (χ2n) is 5.23. The summed E-state index contributed by atoms with van der Waals surface area (Å²) in [6, 6.07) is 4.42. The highest BCUT2D eigenvalue weighted by molar-refractivity contribution is 5.12. The van der Waals surface area contributed by atoms with Gasteiger partial charge in [-0.3, -0.25) is 14.8 Å². The summed E-state index contributed by atoms with van der Waals surface area (Å²) in [6.45, 7) is 9.44. The van der Waals surface area contributed by atoms with E-state index < -0.39 is 6.10 Å². The third-order valence-electron chi connectivity index (χ3n) is 3.64. The van der Waals surface area contributed by atoms with E-state index >= 15 is 0 Å². The molecule has 4 nitrogen and oxygen atoms in total. The fraction of sp³-hybridized carbons (Fsp3) is 0.643. The quantitative estimate of drug-likeness (QED) is 0.868. The lowest BCUT2D eigenvalue weighted by molar-refractivity contribution is 0.0620. The van der Waals surface area contributed by atoms with Crippen molar-refractivity contribution in [1.82, 2.24) is 14.8 Å². The first-order valence-corrected chi connectivity index (χ1v) is 6.71. The van der Waals surface area contributed by atoms with Gasteiger partial charge in [-0.15, -0.1) is 0 Å². The summed E-state index contributed by atoms with van der Waals surface area (Å²) in [5, 5.41) is 10.2. The molecule has 1 fully saturated rings. The summed E-state index contributed by atoms with van der Waals surface area (Å²) in [5.41, 5.74) is 0.906. The van der Waals surface area contributed by atoms with Crippen LogP contribution in [0.2, 0.25) is 0 Å². The van der Waals surface area contributed by atoms with E-state index in [1.54, 1.807) is 12.4 Å². The largest absolute Gasteiger partial charge is 0.387 e. The van der Waals surface area contributed by atoms with Gasteiger partial charge in [-0.25, -0.2) is 0 Å². The molecular weight excluding hydrogens is 226 g/mol. The summed E-state index contributed by atoms with van der Waals surface area (Å²) in [5.74, 6) is 0. The highest BCUT2D eigenvalue weighted by Crippen LogP contribution is 2.14. The molecule has 18 heavy (non-hydrogen) atoms. The number of hydrogen-bond acceptors (Lipinski definition) is 4.